The quantitative estimate of drug-likeness (QED) is 0.404. The highest BCUT2D eigenvalue weighted by molar-refractivity contribution is 14.1. The summed E-state index contributed by atoms with van der Waals surface area (Å²) in [6.45, 7) is 2.66. The van der Waals surface area contributed by atoms with E-state index < -0.39 is 5.97 Å². The second kappa shape index (κ2) is 12.8. The van der Waals surface area contributed by atoms with Gasteiger partial charge in [0.25, 0.3) is 0 Å². The summed E-state index contributed by atoms with van der Waals surface area (Å²) in [6, 6.07) is 15.6. The van der Waals surface area contributed by atoms with Crippen LogP contribution in [0.2, 0.25) is 0 Å². The van der Waals surface area contributed by atoms with E-state index in [2.05, 4.69) is 45.2 Å². The highest BCUT2D eigenvalue weighted by Crippen LogP contribution is 2.13. The molecule has 1 amide bonds. The Morgan fingerprint density at radius 1 is 0.862 bits per heavy atom. The van der Waals surface area contributed by atoms with Crippen LogP contribution in [0.5, 0.6) is 0 Å². The summed E-state index contributed by atoms with van der Waals surface area (Å²) < 4.78 is 7.41. The third kappa shape index (κ3) is 8.67. The molecule has 0 spiro atoms. The number of ether oxygens (including phenoxy) is 1. The van der Waals surface area contributed by atoms with Crippen LogP contribution in [0.4, 0.5) is 0 Å². The number of carbonyl (C=O) groups excluding carboxylic acids is 1. The molecule has 0 aliphatic carbocycles. The maximum Gasteiger partial charge on any atom is 0.328 e. The summed E-state index contributed by atoms with van der Waals surface area (Å²) in [5, 5.41) is 8.38. The van der Waals surface area contributed by atoms with Crippen molar-refractivity contribution in [3.8, 4) is 0 Å². The van der Waals surface area contributed by atoms with E-state index in [1.165, 1.54) is 0 Å². The van der Waals surface area contributed by atoms with Crippen LogP contribution in [0.1, 0.15) is 11.1 Å². The lowest BCUT2D eigenvalue weighted by Crippen LogP contribution is -2.39. The van der Waals surface area contributed by atoms with Crippen LogP contribution >= 0.6 is 45.2 Å². The molecule has 1 fully saturated rings. The lowest BCUT2D eigenvalue weighted by atomic mass is 10.2. The smallest absolute Gasteiger partial charge is 0.328 e. The van der Waals surface area contributed by atoms with Gasteiger partial charge in [0.15, 0.2) is 0 Å². The first kappa shape index (κ1) is 23.6. The predicted molar refractivity (Wildman–Crippen MR) is 131 cm³/mol. The van der Waals surface area contributed by atoms with Gasteiger partial charge in [-0.25, -0.2) is 4.79 Å². The molecule has 1 aliphatic heterocycles. The Hall–Kier alpha value is -1.72. The highest BCUT2D eigenvalue weighted by atomic mass is 127. The van der Waals surface area contributed by atoms with Gasteiger partial charge in [-0.05, 0) is 80.6 Å². The van der Waals surface area contributed by atoms with E-state index in [1.807, 2.05) is 59.5 Å². The van der Waals surface area contributed by atoms with E-state index >= 15 is 0 Å². The monoisotopic (exact) mass is 617 g/mol. The van der Waals surface area contributed by atoms with Crippen LogP contribution in [0.3, 0.4) is 0 Å². The average Bonchev–Trinajstić information content (AvgIpc) is 2.73. The van der Waals surface area contributed by atoms with Gasteiger partial charge in [0, 0.05) is 32.4 Å². The molecular formula is C22H21I2NO4. The molecule has 0 aromatic heterocycles. The lowest BCUT2D eigenvalue weighted by molar-refractivity contribution is -0.131. The van der Waals surface area contributed by atoms with E-state index in [4.69, 9.17) is 9.84 Å². The molecule has 0 unspecified atom stereocenters. The Balaban J connectivity index is 0.000000221. The number of carbonyl (C=O) groups is 2. The molecule has 1 saturated heterocycles. The van der Waals surface area contributed by atoms with Crippen LogP contribution in [-0.2, 0) is 14.3 Å². The molecule has 0 radical (unpaired) electrons. The summed E-state index contributed by atoms with van der Waals surface area (Å²) in [7, 11) is 0. The van der Waals surface area contributed by atoms with E-state index in [1.54, 1.807) is 12.2 Å². The van der Waals surface area contributed by atoms with Crippen LogP contribution in [0, 0.1) is 7.14 Å². The molecule has 1 N–H and O–H groups in total. The molecule has 7 heteroatoms. The van der Waals surface area contributed by atoms with Crippen molar-refractivity contribution in [1.82, 2.24) is 4.90 Å². The number of hydrogen-bond donors (Lipinski definition) is 1. The number of aliphatic carboxylic acids is 1. The Bertz CT molecular complexity index is 890. The first-order valence-corrected chi connectivity index (χ1v) is 11.1. The standard InChI is InChI=1S/C13H14INO2.C9H7IO2/c14-12-4-2-1-3-11(12)5-6-13(16)15-7-9-17-10-8-15;10-8-4-2-1-3-7(8)5-6-9(11)12/h1-6H,7-10H2;1-6H,(H,11,12)/b2*6-5+. The number of hydrogen-bond acceptors (Lipinski definition) is 3. The van der Waals surface area contributed by atoms with Crippen molar-refractivity contribution < 1.29 is 19.4 Å². The normalized spacial score (nSPS) is 13.9. The number of amides is 1. The summed E-state index contributed by atoms with van der Waals surface area (Å²) >= 11 is 4.43. The first-order chi connectivity index (χ1) is 14.0. The minimum atomic E-state index is -0.922. The van der Waals surface area contributed by atoms with Crippen LogP contribution in [-0.4, -0.2) is 48.2 Å². The minimum absolute atomic E-state index is 0.0629. The number of morpholine rings is 1. The Morgan fingerprint density at radius 3 is 1.83 bits per heavy atom. The summed E-state index contributed by atoms with van der Waals surface area (Å²) in [5.74, 6) is -0.859. The van der Waals surface area contributed by atoms with Gasteiger partial charge in [-0.2, -0.15) is 0 Å². The Kier molecular flexibility index (Phi) is 10.4. The zero-order valence-corrected chi connectivity index (χ0v) is 19.9. The fraction of sp³-hybridized carbons (Fsp3) is 0.182. The van der Waals surface area contributed by atoms with Crippen molar-refractivity contribution >= 4 is 69.2 Å². The molecule has 2 aromatic carbocycles. The maximum atomic E-state index is 11.9. The van der Waals surface area contributed by atoms with Crippen LogP contribution < -0.4 is 0 Å². The molecule has 2 aromatic rings. The highest BCUT2D eigenvalue weighted by Gasteiger charge is 2.13. The number of halogens is 2. The molecule has 1 aliphatic rings. The third-order valence-electron chi connectivity index (χ3n) is 3.94. The van der Waals surface area contributed by atoms with Crippen molar-refractivity contribution in [2.75, 3.05) is 26.3 Å². The number of benzene rings is 2. The molecule has 29 heavy (non-hydrogen) atoms. The van der Waals surface area contributed by atoms with Crippen LogP contribution in [0.25, 0.3) is 12.2 Å². The van der Waals surface area contributed by atoms with Crippen molar-refractivity contribution in [2.24, 2.45) is 0 Å². The molecule has 152 valence electrons. The van der Waals surface area contributed by atoms with E-state index in [0.29, 0.717) is 26.3 Å². The number of nitrogens with zero attached hydrogens (tertiary/aromatic N) is 1. The van der Waals surface area contributed by atoms with Gasteiger partial charge in [-0.3, -0.25) is 4.79 Å². The van der Waals surface area contributed by atoms with Gasteiger partial charge in [0.05, 0.1) is 13.2 Å². The molecule has 0 atom stereocenters. The van der Waals surface area contributed by atoms with Gasteiger partial charge < -0.3 is 14.7 Å². The SMILES string of the molecule is O=C(/C=C/c1ccccc1I)N1CCOCC1.O=C(O)/C=C/c1ccccc1I. The second-order valence-corrected chi connectivity index (χ2v) is 8.31. The fourth-order valence-corrected chi connectivity index (χ4v) is 3.57. The zero-order chi connectivity index (χ0) is 21.1. The summed E-state index contributed by atoms with van der Waals surface area (Å²) in [5.41, 5.74) is 2.01. The molecule has 0 bridgehead atoms. The number of carboxylic acids is 1. The molecular weight excluding hydrogens is 596 g/mol. The minimum Gasteiger partial charge on any atom is -0.478 e. The van der Waals surface area contributed by atoms with E-state index in [-0.39, 0.29) is 5.91 Å². The molecule has 1 heterocycles. The second-order valence-electron chi connectivity index (χ2n) is 5.99. The Labute approximate surface area is 197 Å². The van der Waals surface area contributed by atoms with Crippen molar-refractivity contribution in [3.63, 3.8) is 0 Å². The van der Waals surface area contributed by atoms with Crippen LogP contribution in [0.15, 0.2) is 60.7 Å². The topological polar surface area (TPSA) is 66.8 Å². The Morgan fingerprint density at radius 2 is 1.34 bits per heavy atom. The first-order valence-electron chi connectivity index (χ1n) is 8.92. The van der Waals surface area contributed by atoms with E-state index in [0.717, 1.165) is 24.3 Å². The maximum absolute atomic E-state index is 11.9. The zero-order valence-electron chi connectivity index (χ0n) is 15.6. The largest absolute Gasteiger partial charge is 0.478 e. The lowest BCUT2D eigenvalue weighted by Gasteiger charge is -2.25. The van der Waals surface area contributed by atoms with Gasteiger partial charge >= 0.3 is 5.97 Å². The third-order valence-corrected chi connectivity index (χ3v) is 5.91. The van der Waals surface area contributed by atoms with Gasteiger partial charge in [0.1, 0.15) is 0 Å². The predicted octanol–water partition coefficient (Wildman–Crippen LogP) is 4.55. The summed E-state index contributed by atoms with van der Waals surface area (Å²) in [4.78, 5) is 23.9. The fourth-order valence-electron chi connectivity index (χ4n) is 2.43. The molecule has 5 nitrogen and oxygen atoms in total. The van der Waals surface area contributed by atoms with Gasteiger partial charge in [-0.15, -0.1) is 0 Å². The molecule has 0 saturated carbocycles. The van der Waals surface area contributed by atoms with Crippen molar-refractivity contribution in [3.05, 3.63) is 79.0 Å². The van der Waals surface area contributed by atoms with Crippen molar-refractivity contribution in [1.29, 1.82) is 0 Å². The number of rotatable bonds is 4. The number of carboxylic acid groups (broad SMARTS) is 1. The van der Waals surface area contributed by atoms with Crippen molar-refractivity contribution in [2.45, 2.75) is 0 Å². The summed E-state index contributed by atoms with van der Waals surface area (Å²) in [6.07, 6.45) is 6.24. The van der Waals surface area contributed by atoms with E-state index in [9.17, 15) is 9.59 Å². The average molecular weight is 617 g/mol. The van der Waals surface area contributed by atoms with Gasteiger partial charge in [-0.1, -0.05) is 36.4 Å². The molecule has 3 rings (SSSR count). The van der Waals surface area contributed by atoms with Gasteiger partial charge in [0.2, 0.25) is 5.91 Å².